The fourth-order valence-corrected chi connectivity index (χ4v) is 8.60. The van der Waals surface area contributed by atoms with E-state index in [-0.39, 0.29) is 29.2 Å². The molecule has 2 aliphatic rings. The summed E-state index contributed by atoms with van der Waals surface area (Å²) in [4.78, 5) is 38.0. The number of rotatable bonds is 8. The molecule has 2 atom stereocenters. The van der Waals surface area contributed by atoms with Gasteiger partial charge in [0.1, 0.15) is 10.3 Å². The van der Waals surface area contributed by atoms with Gasteiger partial charge in [0.25, 0.3) is 10.0 Å². The Morgan fingerprint density at radius 3 is 2.48 bits per heavy atom. The van der Waals surface area contributed by atoms with Crippen LogP contribution in [0.25, 0.3) is 11.3 Å². The smallest absolute Gasteiger partial charge is 0.349 e. The SMILES string of the molecule is CC(=O)N(C)C1CCN(c2nc(CNC(=O)C3CCCN3S(=O)(=O)c3ccc(Cl)s3)cc(-c3ccc(C(F)(F)F)cc3)n2)C1. The van der Waals surface area contributed by atoms with E-state index < -0.39 is 33.7 Å². The minimum Gasteiger partial charge on any atom is -0.349 e. The number of anilines is 1. The maximum absolute atomic E-state index is 13.3. The van der Waals surface area contributed by atoms with Gasteiger partial charge in [-0.1, -0.05) is 23.7 Å². The van der Waals surface area contributed by atoms with Gasteiger partial charge in [0.2, 0.25) is 17.8 Å². The molecule has 2 aliphatic heterocycles. The van der Waals surface area contributed by atoms with Crippen LogP contribution in [-0.2, 0) is 32.3 Å². The molecule has 2 saturated heterocycles. The van der Waals surface area contributed by atoms with Gasteiger partial charge in [-0.25, -0.2) is 18.4 Å². The number of carbonyl (C=O) groups is 2. The zero-order valence-corrected chi connectivity index (χ0v) is 26.2. The lowest BCUT2D eigenvalue weighted by atomic mass is 10.1. The van der Waals surface area contributed by atoms with Gasteiger partial charge in [-0.3, -0.25) is 9.59 Å². The molecule has 0 spiro atoms. The van der Waals surface area contributed by atoms with Crippen molar-refractivity contribution in [1.29, 1.82) is 0 Å². The fraction of sp³-hybridized carbons (Fsp3) is 0.429. The Balaban J connectivity index is 1.38. The van der Waals surface area contributed by atoms with Gasteiger partial charge in [-0.15, -0.1) is 11.3 Å². The molecule has 2 aromatic heterocycles. The summed E-state index contributed by atoms with van der Waals surface area (Å²) in [6, 6.07) is 8.10. The zero-order valence-electron chi connectivity index (χ0n) is 23.8. The average Bonchev–Trinajstić information content (AvgIpc) is 3.76. The number of thiophene rings is 1. The number of sulfonamides is 1. The molecule has 4 heterocycles. The Morgan fingerprint density at radius 1 is 1.11 bits per heavy atom. The third-order valence-corrected chi connectivity index (χ3v) is 11.4. The summed E-state index contributed by atoms with van der Waals surface area (Å²) in [6.07, 6.45) is -2.96. The molecule has 16 heteroatoms. The highest BCUT2D eigenvalue weighted by atomic mass is 35.5. The van der Waals surface area contributed by atoms with E-state index in [2.05, 4.69) is 15.3 Å². The van der Waals surface area contributed by atoms with E-state index >= 15 is 0 Å². The highest BCUT2D eigenvalue weighted by molar-refractivity contribution is 7.91. The van der Waals surface area contributed by atoms with E-state index in [4.69, 9.17) is 11.6 Å². The van der Waals surface area contributed by atoms with Crippen molar-refractivity contribution in [2.45, 2.75) is 55.2 Å². The van der Waals surface area contributed by atoms with Crippen LogP contribution in [0.4, 0.5) is 19.1 Å². The lowest BCUT2D eigenvalue weighted by Gasteiger charge is -2.24. The Bertz CT molecular complexity index is 1650. The highest BCUT2D eigenvalue weighted by Crippen LogP contribution is 2.33. The number of aromatic nitrogens is 2. The van der Waals surface area contributed by atoms with Crippen LogP contribution in [-0.4, -0.2) is 78.2 Å². The highest BCUT2D eigenvalue weighted by Gasteiger charge is 2.40. The summed E-state index contributed by atoms with van der Waals surface area (Å²) in [5.41, 5.74) is 0.377. The van der Waals surface area contributed by atoms with Gasteiger partial charge < -0.3 is 15.1 Å². The standard InChI is InChI=1S/C28H30ClF3N6O4S2/c1-17(39)36(2)21-11-13-37(16-21)27-34-20(14-22(35-27)18-5-7-19(8-6-18)28(30,31)32)15-33-26(40)23-4-3-12-38(23)44(41,42)25-10-9-24(29)43-25/h5-10,14,21,23H,3-4,11-13,15-16H2,1-2H3,(H,33,40). The van der Waals surface area contributed by atoms with Crippen molar-refractivity contribution in [2.75, 3.05) is 31.6 Å². The number of carbonyl (C=O) groups excluding carboxylic acids is 2. The monoisotopic (exact) mass is 670 g/mol. The molecule has 2 unspecified atom stereocenters. The molecule has 236 valence electrons. The predicted octanol–water partition coefficient (Wildman–Crippen LogP) is 4.40. The second kappa shape index (κ2) is 12.6. The second-order valence-corrected chi connectivity index (χ2v) is 14.5. The first kappa shape index (κ1) is 32.1. The first-order valence-electron chi connectivity index (χ1n) is 13.8. The van der Waals surface area contributed by atoms with Crippen molar-refractivity contribution in [3.63, 3.8) is 0 Å². The number of halogens is 4. The third kappa shape index (κ3) is 6.85. The summed E-state index contributed by atoms with van der Waals surface area (Å²) in [7, 11) is -2.20. The number of nitrogens with zero attached hydrogens (tertiary/aromatic N) is 5. The van der Waals surface area contributed by atoms with E-state index in [9.17, 15) is 31.2 Å². The Morgan fingerprint density at radius 2 is 1.84 bits per heavy atom. The van der Waals surface area contributed by atoms with E-state index in [1.165, 1.54) is 35.5 Å². The quantitative estimate of drug-likeness (QED) is 0.378. The molecule has 1 aromatic carbocycles. The van der Waals surface area contributed by atoms with Crippen LogP contribution in [0.3, 0.4) is 0 Å². The lowest BCUT2D eigenvalue weighted by Crippen LogP contribution is -2.45. The zero-order chi connectivity index (χ0) is 31.8. The number of likely N-dealkylation sites (N-methyl/N-ethyl adjacent to an activating group) is 1. The first-order chi connectivity index (χ1) is 20.7. The molecular formula is C28H30ClF3N6O4S2. The molecule has 44 heavy (non-hydrogen) atoms. The maximum Gasteiger partial charge on any atom is 0.416 e. The number of amides is 2. The van der Waals surface area contributed by atoms with Crippen molar-refractivity contribution < 1.29 is 31.2 Å². The van der Waals surface area contributed by atoms with Crippen molar-refractivity contribution in [3.8, 4) is 11.3 Å². The molecule has 0 aliphatic carbocycles. The molecule has 2 fully saturated rings. The molecule has 0 bridgehead atoms. The van der Waals surface area contributed by atoms with Crippen molar-refractivity contribution in [1.82, 2.24) is 24.5 Å². The minimum absolute atomic E-state index is 0.0585. The van der Waals surface area contributed by atoms with Crippen molar-refractivity contribution in [3.05, 3.63) is 58.1 Å². The second-order valence-electron chi connectivity index (χ2n) is 10.7. The van der Waals surface area contributed by atoms with Gasteiger partial charge in [0.05, 0.1) is 33.9 Å². The predicted molar refractivity (Wildman–Crippen MR) is 160 cm³/mol. The number of alkyl halides is 3. The summed E-state index contributed by atoms with van der Waals surface area (Å²) < 4.78 is 67.5. The van der Waals surface area contributed by atoms with Crippen molar-refractivity contribution >= 4 is 50.7 Å². The number of nitrogens with one attached hydrogen (secondary N) is 1. The molecule has 2 amide bonds. The molecular weight excluding hydrogens is 641 g/mol. The van der Waals surface area contributed by atoms with Crippen LogP contribution in [0.15, 0.2) is 46.7 Å². The Labute approximate surface area is 261 Å². The van der Waals surface area contributed by atoms with E-state index in [1.54, 1.807) is 18.0 Å². The Hall–Kier alpha value is -3.27. The van der Waals surface area contributed by atoms with Crippen LogP contribution in [0.1, 0.15) is 37.4 Å². The van der Waals surface area contributed by atoms with Gasteiger partial charge in [-0.2, -0.15) is 17.5 Å². The molecule has 10 nitrogen and oxygen atoms in total. The summed E-state index contributed by atoms with van der Waals surface area (Å²) in [5, 5.41) is 2.79. The fourth-order valence-electron chi connectivity index (χ4n) is 5.33. The van der Waals surface area contributed by atoms with Crippen LogP contribution in [0, 0.1) is 0 Å². The Kier molecular flexibility index (Phi) is 9.21. The summed E-state index contributed by atoms with van der Waals surface area (Å²) >= 11 is 6.87. The van der Waals surface area contributed by atoms with Gasteiger partial charge >= 0.3 is 6.18 Å². The van der Waals surface area contributed by atoms with E-state index in [0.717, 1.165) is 23.5 Å². The maximum atomic E-state index is 13.3. The summed E-state index contributed by atoms with van der Waals surface area (Å²) in [6.45, 7) is 2.61. The number of hydrogen-bond donors (Lipinski definition) is 1. The third-order valence-electron chi connectivity index (χ3n) is 7.83. The summed E-state index contributed by atoms with van der Waals surface area (Å²) in [5.74, 6) is -0.259. The minimum atomic E-state index is -4.49. The van der Waals surface area contributed by atoms with Crippen molar-refractivity contribution in [2.24, 2.45) is 0 Å². The first-order valence-corrected chi connectivity index (χ1v) is 16.5. The molecule has 5 rings (SSSR count). The van der Waals surface area contributed by atoms with Gasteiger partial charge in [0, 0.05) is 39.2 Å². The van der Waals surface area contributed by atoms with Crippen LogP contribution < -0.4 is 10.2 Å². The molecule has 3 aromatic rings. The van der Waals surface area contributed by atoms with Crippen LogP contribution in [0.2, 0.25) is 4.34 Å². The largest absolute Gasteiger partial charge is 0.416 e. The van der Waals surface area contributed by atoms with Gasteiger partial charge in [0.15, 0.2) is 0 Å². The van der Waals surface area contributed by atoms with Crippen LogP contribution in [0.5, 0.6) is 0 Å². The average molecular weight is 671 g/mol. The van der Waals surface area contributed by atoms with Gasteiger partial charge in [-0.05, 0) is 49.6 Å². The molecule has 0 radical (unpaired) electrons. The topological polar surface area (TPSA) is 116 Å². The van der Waals surface area contributed by atoms with E-state index in [1.807, 2.05) is 4.90 Å². The molecule has 1 N–H and O–H groups in total. The normalized spacial score (nSPS) is 19.4. The van der Waals surface area contributed by atoms with Crippen LogP contribution >= 0.6 is 22.9 Å². The number of hydrogen-bond acceptors (Lipinski definition) is 8. The lowest BCUT2D eigenvalue weighted by molar-refractivity contribution is -0.137. The molecule has 0 saturated carbocycles. The van der Waals surface area contributed by atoms with E-state index in [0.29, 0.717) is 59.6 Å². The number of benzene rings is 1.